The number of hydrogen-bond acceptors (Lipinski definition) is 4. The molecular weight excluding hydrogens is 330 g/mol. The molecule has 140 valence electrons. The first-order chi connectivity index (χ1) is 12.7. The van der Waals surface area contributed by atoms with E-state index >= 15 is 0 Å². The fourth-order valence-corrected chi connectivity index (χ4v) is 2.50. The number of ether oxygens (including phenoxy) is 2. The second kappa shape index (κ2) is 10.2. The third kappa shape index (κ3) is 5.88. The zero-order chi connectivity index (χ0) is 18.8. The first kappa shape index (κ1) is 19.4. The molecule has 6 heteroatoms. The Hall–Kier alpha value is -2.89. The van der Waals surface area contributed by atoms with Gasteiger partial charge in [-0.2, -0.15) is 0 Å². The van der Waals surface area contributed by atoms with E-state index in [-0.39, 0.29) is 12.8 Å². The molecule has 0 heterocycles. The SMILES string of the molecule is CCOc1ccc(OCNC(=O)Nc2ccc(N(CC)CC)cc2)cc1. The van der Waals surface area contributed by atoms with Crippen LogP contribution in [0.3, 0.4) is 0 Å². The zero-order valence-corrected chi connectivity index (χ0v) is 15.6. The van der Waals surface area contributed by atoms with E-state index in [0.717, 1.165) is 30.2 Å². The highest BCUT2D eigenvalue weighted by Crippen LogP contribution is 2.18. The van der Waals surface area contributed by atoms with Crippen LogP contribution in [-0.4, -0.2) is 32.5 Å². The minimum absolute atomic E-state index is 0.0807. The third-order valence-electron chi connectivity index (χ3n) is 3.86. The van der Waals surface area contributed by atoms with E-state index in [1.807, 2.05) is 43.3 Å². The molecule has 0 aliphatic heterocycles. The van der Waals surface area contributed by atoms with Gasteiger partial charge in [0.2, 0.25) is 0 Å². The molecule has 2 aromatic rings. The average Bonchev–Trinajstić information content (AvgIpc) is 2.66. The minimum Gasteiger partial charge on any atom is -0.494 e. The van der Waals surface area contributed by atoms with Gasteiger partial charge in [0.1, 0.15) is 11.5 Å². The van der Waals surface area contributed by atoms with Gasteiger partial charge in [0.15, 0.2) is 6.73 Å². The largest absolute Gasteiger partial charge is 0.494 e. The minimum atomic E-state index is -0.313. The van der Waals surface area contributed by atoms with Crippen molar-refractivity contribution in [2.24, 2.45) is 0 Å². The summed E-state index contributed by atoms with van der Waals surface area (Å²) in [6, 6.07) is 14.7. The molecule has 6 nitrogen and oxygen atoms in total. The number of benzene rings is 2. The van der Waals surface area contributed by atoms with E-state index < -0.39 is 0 Å². The maximum absolute atomic E-state index is 11.9. The number of carbonyl (C=O) groups excluding carboxylic acids is 1. The van der Waals surface area contributed by atoms with Crippen molar-refractivity contribution in [1.82, 2.24) is 5.32 Å². The Morgan fingerprint density at radius 1 is 0.885 bits per heavy atom. The van der Waals surface area contributed by atoms with Crippen molar-refractivity contribution in [1.29, 1.82) is 0 Å². The number of anilines is 2. The van der Waals surface area contributed by atoms with Gasteiger partial charge in [-0.25, -0.2) is 4.79 Å². The summed E-state index contributed by atoms with van der Waals surface area (Å²) < 4.78 is 10.9. The Labute approximate surface area is 155 Å². The van der Waals surface area contributed by atoms with Gasteiger partial charge in [0.25, 0.3) is 0 Å². The van der Waals surface area contributed by atoms with E-state index in [2.05, 4.69) is 29.4 Å². The molecule has 2 aromatic carbocycles. The van der Waals surface area contributed by atoms with Crippen molar-refractivity contribution in [3.63, 3.8) is 0 Å². The Bertz CT molecular complexity index is 668. The van der Waals surface area contributed by atoms with Crippen LogP contribution >= 0.6 is 0 Å². The lowest BCUT2D eigenvalue weighted by Gasteiger charge is -2.21. The normalized spacial score (nSPS) is 10.1. The van der Waals surface area contributed by atoms with Gasteiger partial charge in [0, 0.05) is 24.5 Å². The van der Waals surface area contributed by atoms with Crippen LogP contribution in [0.25, 0.3) is 0 Å². The molecule has 0 aliphatic carbocycles. The van der Waals surface area contributed by atoms with Crippen LogP contribution in [0.15, 0.2) is 48.5 Å². The van der Waals surface area contributed by atoms with Gasteiger partial charge in [-0.3, -0.25) is 0 Å². The van der Waals surface area contributed by atoms with E-state index in [9.17, 15) is 4.79 Å². The molecule has 2 rings (SSSR count). The molecule has 0 bridgehead atoms. The number of hydrogen-bond donors (Lipinski definition) is 2. The summed E-state index contributed by atoms with van der Waals surface area (Å²) in [5.41, 5.74) is 1.87. The highest BCUT2D eigenvalue weighted by molar-refractivity contribution is 5.89. The quantitative estimate of drug-likeness (QED) is 0.664. The number of carbonyl (C=O) groups is 1. The summed E-state index contributed by atoms with van der Waals surface area (Å²) >= 11 is 0. The first-order valence-electron chi connectivity index (χ1n) is 8.91. The lowest BCUT2D eigenvalue weighted by Crippen LogP contribution is -2.32. The summed E-state index contributed by atoms with van der Waals surface area (Å²) in [7, 11) is 0. The first-order valence-corrected chi connectivity index (χ1v) is 8.91. The Kier molecular flexibility index (Phi) is 7.61. The predicted molar refractivity (Wildman–Crippen MR) is 105 cm³/mol. The van der Waals surface area contributed by atoms with Crippen LogP contribution in [0, 0.1) is 0 Å². The molecule has 0 radical (unpaired) electrons. The highest BCUT2D eigenvalue weighted by atomic mass is 16.5. The van der Waals surface area contributed by atoms with Crippen LogP contribution in [0.5, 0.6) is 11.5 Å². The van der Waals surface area contributed by atoms with E-state index in [1.54, 1.807) is 12.1 Å². The topological polar surface area (TPSA) is 62.8 Å². The summed E-state index contributed by atoms with van der Waals surface area (Å²) in [4.78, 5) is 14.2. The molecule has 0 atom stereocenters. The maximum atomic E-state index is 11.9. The van der Waals surface area contributed by atoms with Crippen molar-refractivity contribution < 1.29 is 14.3 Å². The van der Waals surface area contributed by atoms with E-state index in [0.29, 0.717) is 12.4 Å². The summed E-state index contributed by atoms with van der Waals surface area (Å²) in [6.07, 6.45) is 0. The predicted octanol–water partition coefficient (Wildman–Crippen LogP) is 4.09. The maximum Gasteiger partial charge on any atom is 0.321 e. The number of nitrogens with one attached hydrogen (secondary N) is 2. The second-order valence-electron chi connectivity index (χ2n) is 5.54. The van der Waals surface area contributed by atoms with Crippen molar-refractivity contribution in [2.45, 2.75) is 20.8 Å². The molecule has 0 saturated carbocycles. The molecule has 0 fully saturated rings. The van der Waals surface area contributed by atoms with Crippen LogP contribution < -0.4 is 25.0 Å². The molecule has 0 unspecified atom stereocenters. The van der Waals surface area contributed by atoms with Gasteiger partial charge in [-0.1, -0.05) is 0 Å². The monoisotopic (exact) mass is 357 g/mol. The molecule has 2 amide bonds. The summed E-state index contributed by atoms with van der Waals surface area (Å²) in [6.45, 7) is 8.78. The third-order valence-corrected chi connectivity index (χ3v) is 3.86. The lowest BCUT2D eigenvalue weighted by molar-refractivity contribution is 0.234. The Balaban J connectivity index is 1.76. The average molecular weight is 357 g/mol. The van der Waals surface area contributed by atoms with Crippen molar-refractivity contribution in [3.05, 3.63) is 48.5 Å². The van der Waals surface area contributed by atoms with Crippen molar-refractivity contribution >= 4 is 17.4 Å². The van der Waals surface area contributed by atoms with Gasteiger partial charge < -0.3 is 25.0 Å². The van der Waals surface area contributed by atoms with E-state index in [1.165, 1.54) is 0 Å². The Morgan fingerprint density at radius 3 is 2.00 bits per heavy atom. The molecule has 26 heavy (non-hydrogen) atoms. The van der Waals surface area contributed by atoms with Crippen molar-refractivity contribution in [3.8, 4) is 11.5 Å². The highest BCUT2D eigenvalue weighted by Gasteiger charge is 2.04. The van der Waals surface area contributed by atoms with E-state index in [4.69, 9.17) is 9.47 Å². The number of amides is 2. The molecular formula is C20H27N3O3. The molecule has 0 aromatic heterocycles. The van der Waals surface area contributed by atoms with Crippen molar-refractivity contribution in [2.75, 3.05) is 36.6 Å². The zero-order valence-electron chi connectivity index (χ0n) is 15.6. The smallest absolute Gasteiger partial charge is 0.321 e. The van der Waals surface area contributed by atoms with Gasteiger partial charge in [0.05, 0.1) is 6.61 Å². The summed E-state index contributed by atoms with van der Waals surface area (Å²) in [5.74, 6) is 1.45. The number of urea groups is 1. The fourth-order valence-electron chi connectivity index (χ4n) is 2.50. The Morgan fingerprint density at radius 2 is 1.46 bits per heavy atom. The lowest BCUT2D eigenvalue weighted by atomic mass is 10.2. The second-order valence-corrected chi connectivity index (χ2v) is 5.54. The van der Waals surface area contributed by atoms with Gasteiger partial charge in [-0.05, 0) is 69.3 Å². The molecule has 0 saturated heterocycles. The van der Waals surface area contributed by atoms with Crippen LogP contribution in [0.2, 0.25) is 0 Å². The molecule has 0 spiro atoms. The van der Waals surface area contributed by atoms with Gasteiger partial charge >= 0.3 is 6.03 Å². The fraction of sp³-hybridized carbons (Fsp3) is 0.350. The number of rotatable bonds is 9. The van der Waals surface area contributed by atoms with Crippen LogP contribution in [0.4, 0.5) is 16.2 Å². The number of nitrogens with zero attached hydrogens (tertiary/aromatic N) is 1. The van der Waals surface area contributed by atoms with Gasteiger partial charge in [-0.15, -0.1) is 0 Å². The standard InChI is InChI=1S/C20H27N3O3/c1-4-23(5-2)17-9-7-16(8-10-17)22-20(24)21-15-26-19-13-11-18(12-14-19)25-6-3/h7-14H,4-6,15H2,1-3H3,(H2,21,22,24). The molecule has 0 aliphatic rings. The molecule has 2 N–H and O–H groups in total. The summed E-state index contributed by atoms with van der Waals surface area (Å²) in [5, 5.41) is 5.45. The van der Waals surface area contributed by atoms with Crippen LogP contribution in [0.1, 0.15) is 20.8 Å². The van der Waals surface area contributed by atoms with Crippen LogP contribution in [-0.2, 0) is 0 Å².